The highest BCUT2D eigenvalue weighted by Crippen LogP contribution is 2.11. The molecular weight excluding hydrogens is 216 g/mol. The van der Waals surface area contributed by atoms with Crippen molar-refractivity contribution >= 4 is 5.91 Å². The van der Waals surface area contributed by atoms with E-state index < -0.39 is 0 Å². The predicted octanol–water partition coefficient (Wildman–Crippen LogP) is 1.11. The van der Waals surface area contributed by atoms with Gasteiger partial charge in [0.1, 0.15) is 0 Å². The van der Waals surface area contributed by atoms with Crippen LogP contribution in [0.1, 0.15) is 32.1 Å². The predicted molar refractivity (Wildman–Crippen MR) is 66.9 cm³/mol. The molecule has 4 nitrogen and oxygen atoms in total. The summed E-state index contributed by atoms with van der Waals surface area (Å²) in [6.07, 6.45) is 6.25. The summed E-state index contributed by atoms with van der Waals surface area (Å²) in [5.41, 5.74) is 0. The van der Waals surface area contributed by atoms with E-state index in [9.17, 15) is 4.79 Å². The Morgan fingerprint density at radius 3 is 2.12 bits per heavy atom. The van der Waals surface area contributed by atoms with Gasteiger partial charge in [0.15, 0.2) is 0 Å². The Balaban J connectivity index is 1.76. The second-order valence-electron chi connectivity index (χ2n) is 5.04. The Hall–Kier alpha value is -0.610. The molecule has 2 aliphatic heterocycles. The third kappa shape index (κ3) is 4.28. The van der Waals surface area contributed by atoms with Crippen LogP contribution in [0.25, 0.3) is 0 Å². The molecule has 0 saturated carbocycles. The zero-order valence-corrected chi connectivity index (χ0v) is 10.7. The molecule has 2 fully saturated rings. The van der Waals surface area contributed by atoms with Crippen LogP contribution in [0.2, 0.25) is 0 Å². The zero-order chi connectivity index (χ0) is 11.9. The number of hydrogen-bond acceptors (Lipinski definition) is 3. The second-order valence-corrected chi connectivity index (χ2v) is 5.04. The van der Waals surface area contributed by atoms with Gasteiger partial charge in [-0.2, -0.15) is 0 Å². The van der Waals surface area contributed by atoms with E-state index in [-0.39, 0.29) is 0 Å². The van der Waals surface area contributed by atoms with Gasteiger partial charge < -0.3 is 9.64 Å². The summed E-state index contributed by atoms with van der Waals surface area (Å²) >= 11 is 0. The molecule has 98 valence electrons. The Labute approximate surface area is 104 Å². The number of likely N-dealkylation sites (tertiary alicyclic amines) is 1. The van der Waals surface area contributed by atoms with Gasteiger partial charge in [0, 0.05) is 26.2 Å². The molecule has 0 radical (unpaired) electrons. The van der Waals surface area contributed by atoms with E-state index in [2.05, 4.69) is 9.80 Å². The Kier molecular flexibility index (Phi) is 5.26. The molecule has 0 aromatic rings. The van der Waals surface area contributed by atoms with Gasteiger partial charge >= 0.3 is 0 Å². The second kappa shape index (κ2) is 6.97. The first kappa shape index (κ1) is 12.8. The third-order valence-corrected chi connectivity index (χ3v) is 3.67. The van der Waals surface area contributed by atoms with Gasteiger partial charge in [-0.25, -0.2) is 0 Å². The van der Waals surface area contributed by atoms with E-state index >= 15 is 0 Å². The molecule has 2 rings (SSSR count). The lowest BCUT2D eigenvalue weighted by molar-refractivity contribution is -0.133. The SMILES string of the molecule is O=C(CN1CCOCC1)N1CCCCCCC1. The maximum absolute atomic E-state index is 12.2. The minimum absolute atomic E-state index is 0.314. The van der Waals surface area contributed by atoms with Crippen molar-refractivity contribution in [3.63, 3.8) is 0 Å². The van der Waals surface area contributed by atoms with Crippen LogP contribution in [0.4, 0.5) is 0 Å². The first-order chi connectivity index (χ1) is 8.36. The highest BCUT2D eigenvalue weighted by atomic mass is 16.5. The van der Waals surface area contributed by atoms with E-state index in [1.807, 2.05) is 0 Å². The van der Waals surface area contributed by atoms with Crippen molar-refractivity contribution in [3.05, 3.63) is 0 Å². The number of carbonyl (C=O) groups excluding carboxylic acids is 1. The average Bonchev–Trinajstić information content (AvgIpc) is 2.29. The van der Waals surface area contributed by atoms with Crippen LogP contribution in [-0.2, 0) is 9.53 Å². The van der Waals surface area contributed by atoms with Gasteiger partial charge in [0.25, 0.3) is 0 Å². The standard InChI is InChI=1S/C13H24N2O2/c16-13(12-14-8-10-17-11-9-14)15-6-4-2-1-3-5-7-15/h1-12H2. The third-order valence-electron chi connectivity index (χ3n) is 3.67. The maximum Gasteiger partial charge on any atom is 0.236 e. The average molecular weight is 240 g/mol. The van der Waals surface area contributed by atoms with E-state index in [0.717, 1.165) is 39.4 Å². The Morgan fingerprint density at radius 1 is 0.882 bits per heavy atom. The highest BCUT2D eigenvalue weighted by molar-refractivity contribution is 5.78. The Morgan fingerprint density at radius 2 is 1.47 bits per heavy atom. The molecular formula is C13H24N2O2. The molecule has 0 atom stereocenters. The lowest BCUT2D eigenvalue weighted by atomic mass is 10.1. The molecule has 0 aliphatic carbocycles. The summed E-state index contributed by atoms with van der Waals surface area (Å²) in [4.78, 5) is 16.5. The van der Waals surface area contributed by atoms with Gasteiger partial charge in [0.2, 0.25) is 5.91 Å². The van der Waals surface area contributed by atoms with Crippen molar-refractivity contribution in [3.8, 4) is 0 Å². The number of ether oxygens (including phenoxy) is 1. The molecule has 0 spiro atoms. The van der Waals surface area contributed by atoms with Crippen molar-refractivity contribution in [2.45, 2.75) is 32.1 Å². The van der Waals surface area contributed by atoms with Crippen LogP contribution in [-0.4, -0.2) is 61.6 Å². The molecule has 2 aliphatic rings. The fourth-order valence-corrected chi connectivity index (χ4v) is 2.55. The van der Waals surface area contributed by atoms with Crippen molar-refractivity contribution in [1.82, 2.24) is 9.80 Å². The molecule has 4 heteroatoms. The van der Waals surface area contributed by atoms with Gasteiger partial charge in [0.05, 0.1) is 19.8 Å². The fourth-order valence-electron chi connectivity index (χ4n) is 2.55. The van der Waals surface area contributed by atoms with Crippen molar-refractivity contribution in [1.29, 1.82) is 0 Å². The molecule has 0 aromatic carbocycles. The summed E-state index contributed by atoms with van der Waals surface area (Å²) in [7, 11) is 0. The topological polar surface area (TPSA) is 32.8 Å². The zero-order valence-electron chi connectivity index (χ0n) is 10.7. The van der Waals surface area contributed by atoms with Crippen LogP contribution in [0.5, 0.6) is 0 Å². The number of morpholine rings is 1. The minimum atomic E-state index is 0.314. The normalized spacial score (nSPS) is 24.1. The maximum atomic E-state index is 12.2. The van der Waals surface area contributed by atoms with Gasteiger partial charge in [-0.1, -0.05) is 19.3 Å². The lowest BCUT2D eigenvalue weighted by Crippen LogP contribution is -2.45. The summed E-state index contributed by atoms with van der Waals surface area (Å²) in [6.45, 7) is 5.86. The van der Waals surface area contributed by atoms with E-state index in [1.165, 1.54) is 32.1 Å². The summed E-state index contributed by atoms with van der Waals surface area (Å²) in [5, 5.41) is 0. The van der Waals surface area contributed by atoms with E-state index in [0.29, 0.717) is 12.5 Å². The largest absolute Gasteiger partial charge is 0.379 e. The van der Waals surface area contributed by atoms with Crippen LogP contribution in [0.15, 0.2) is 0 Å². The van der Waals surface area contributed by atoms with Crippen molar-refractivity contribution in [2.75, 3.05) is 45.9 Å². The number of nitrogens with zero attached hydrogens (tertiary/aromatic N) is 2. The first-order valence-electron chi connectivity index (χ1n) is 6.94. The molecule has 0 aromatic heterocycles. The van der Waals surface area contributed by atoms with Crippen LogP contribution in [0.3, 0.4) is 0 Å². The first-order valence-corrected chi connectivity index (χ1v) is 6.94. The van der Waals surface area contributed by atoms with Gasteiger partial charge in [-0.3, -0.25) is 9.69 Å². The van der Waals surface area contributed by atoms with Gasteiger partial charge in [-0.15, -0.1) is 0 Å². The number of hydrogen-bond donors (Lipinski definition) is 0. The Bertz CT molecular complexity index is 232. The molecule has 17 heavy (non-hydrogen) atoms. The minimum Gasteiger partial charge on any atom is -0.379 e. The van der Waals surface area contributed by atoms with Crippen LogP contribution < -0.4 is 0 Å². The molecule has 0 N–H and O–H groups in total. The summed E-state index contributed by atoms with van der Waals surface area (Å²) in [6, 6.07) is 0. The monoisotopic (exact) mass is 240 g/mol. The molecule has 0 bridgehead atoms. The molecule has 2 saturated heterocycles. The number of carbonyl (C=O) groups is 1. The smallest absolute Gasteiger partial charge is 0.236 e. The van der Waals surface area contributed by atoms with E-state index in [4.69, 9.17) is 4.74 Å². The lowest BCUT2D eigenvalue weighted by Gasteiger charge is -2.30. The number of amides is 1. The molecule has 0 unspecified atom stereocenters. The molecule has 1 amide bonds. The van der Waals surface area contributed by atoms with Crippen molar-refractivity contribution < 1.29 is 9.53 Å². The van der Waals surface area contributed by atoms with Crippen molar-refractivity contribution in [2.24, 2.45) is 0 Å². The highest BCUT2D eigenvalue weighted by Gasteiger charge is 2.19. The van der Waals surface area contributed by atoms with E-state index in [1.54, 1.807) is 0 Å². The summed E-state index contributed by atoms with van der Waals surface area (Å²) < 4.78 is 5.30. The van der Waals surface area contributed by atoms with Crippen LogP contribution in [0, 0.1) is 0 Å². The molecule has 2 heterocycles. The fraction of sp³-hybridized carbons (Fsp3) is 0.923. The quantitative estimate of drug-likeness (QED) is 0.725. The van der Waals surface area contributed by atoms with Crippen LogP contribution >= 0.6 is 0 Å². The van der Waals surface area contributed by atoms with Gasteiger partial charge in [-0.05, 0) is 12.8 Å². The number of rotatable bonds is 2. The summed E-state index contributed by atoms with van der Waals surface area (Å²) in [5.74, 6) is 0.314.